The van der Waals surface area contributed by atoms with Gasteiger partial charge < -0.3 is 14.6 Å². The van der Waals surface area contributed by atoms with E-state index in [1.54, 1.807) is 41.3 Å². The van der Waals surface area contributed by atoms with Crippen LogP contribution in [0.2, 0.25) is 0 Å². The van der Waals surface area contributed by atoms with Crippen LogP contribution in [0.4, 0.5) is 10.5 Å². The Hall–Kier alpha value is -2.61. The van der Waals surface area contributed by atoms with Gasteiger partial charge in [-0.05, 0) is 49.2 Å². The smallest absolute Gasteiger partial charge is 0.332 e. The topological polar surface area (TPSA) is 82.9 Å². The summed E-state index contributed by atoms with van der Waals surface area (Å²) in [7, 11) is 0. The summed E-state index contributed by atoms with van der Waals surface area (Å²) < 4.78 is 5.96. The fraction of sp³-hybridized carbons (Fsp3) is 0.278. The highest BCUT2D eigenvalue weighted by Crippen LogP contribution is 2.31. The summed E-state index contributed by atoms with van der Waals surface area (Å²) in [5.41, 5.74) is 0.550. The highest BCUT2D eigenvalue weighted by Gasteiger charge is 2.48. The highest BCUT2D eigenvalue weighted by molar-refractivity contribution is 9.10. The Morgan fingerprint density at radius 1 is 1.19 bits per heavy atom. The van der Waals surface area contributed by atoms with Gasteiger partial charge in [0.15, 0.2) is 5.76 Å². The Balaban J connectivity index is 1.49. The Morgan fingerprint density at radius 3 is 2.65 bits per heavy atom. The zero-order chi connectivity index (χ0) is 18.3. The first-order valence-corrected chi connectivity index (χ1v) is 9.08. The van der Waals surface area contributed by atoms with Crippen molar-refractivity contribution in [1.82, 2.24) is 10.2 Å². The highest BCUT2D eigenvalue weighted by atomic mass is 79.9. The molecular weight excluding hydrogens is 402 g/mol. The number of hydrogen-bond acceptors (Lipinski definition) is 4. The molecule has 0 aliphatic carbocycles. The van der Waals surface area contributed by atoms with Crippen LogP contribution < -0.4 is 10.2 Å². The van der Waals surface area contributed by atoms with Gasteiger partial charge >= 0.3 is 6.03 Å². The second-order valence-corrected chi connectivity index (χ2v) is 7.23. The van der Waals surface area contributed by atoms with Crippen LogP contribution >= 0.6 is 15.9 Å². The molecule has 7 nitrogen and oxygen atoms in total. The number of hydrogen-bond donors (Lipinski definition) is 1. The van der Waals surface area contributed by atoms with Gasteiger partial charge in [-0.1, -0.05) is 15.9 Å². The molecule has 2 aliphatic rings. The van der Waals surface area contributed by atoms with Gasteiger partial charge in [0.2, 0.25) is 0 Å². The van der Waals surface area contributed by atoms with Crippen molar-refractivity contribution in [2.24, 2.45) is 0 Å². The third kappa shape index (κ3) is 2.90. The Labute approximate surface area is 158 Å². The molecule has 2 atom stereocenters. The van der Waals surface area contributed by atoms with E-state index in [0.29, 0.717) is 25.1 Å². The van der Waals surface area contributed by atoms with E-state index in [0.717, 1.165) is 4.47 Å². The molecule has 0 bridgehead atoms. The lowest BCUT2D eigenvalue weighted by Crippen LogP contribution is -2.49. The number of imide groups is 1. The van der Waals surface area contributed by atoms with E-state index in [4.69, 9.17) is 4.42 Å². The van der Waals surface area contributed by atoms with Gasteiger partial charge in [-0.25, -0.2) is 9.69 Å². The third-order valence-electron chi connectivity index (χ3n) is 4.71. The maximum absolute atomic E-state index is 12.8. The average Bonchev–Trinajstić information content (AvgIpc) is 3.25. The lowest BCUT2D eigenvalue weighted by molar-refractivity contribution is -0.120. The number of nitrogens with zero attached hydrogens (tertiary/aromatic N) is 2. The number of carbonyl (C=O) groups excluding carboxylic acids is 3. The number of carbonyl (C=O) groups is 3. The average molecular weight is 418 g/mol. The van der Waals surface area contributed by atoms with E-state index in [1.165, 1.54) is 11.2 Å². The largest absolute Gasteiger partial charge is 0.459 e. The molecule has 0 radical (unpaired) electrons. The number of nitrogens with one attached hydrogen (secondary N) is 1. The number of benzene rings is 1. The van der Waals surface area contributed by atoms with E-state index in [2.05, 4.69) is 21.2 Å². The second-order valence-electron chi connectivity index (χ2n) is 6.31. The van der Waals surface area contributed by atoms with Crippen molar-refractivity contribution in [2.75, 3.05) is 11.4 Å². The fourth-order valence-electron chi connectivity index (χ4n) is 3.42. The SMILES string of the molecule is O=C(NC1CCN2C(=O)N(c3ccc(Br)cc3)C(=O)C2C1)c1ccco1. The number of halogens is 1. The summed E-state index contributed by atoms with van der Waals surface area (Å²) in [6.07, 6.45) is 2.42. The van der Waals surface area contributed by atoms with Crippen molar-refractivity contribution in [2.45, 2.75) is 24.9 Å². The van der Waals surface area contributed by atoms with Gasteiger partial charge in [0.1, 0.15) is 6.04 Å². The summed E-state index contributed by atoms with van der Waals surface area (Å²) in [6.45, 7) is 0.422. The summed E-state index contributed by atoms with van der Waals surface area (Å²) in [5, 5.41) is 2.88. The molecule has 2 aromatic rings. The predicted molar refractivity (Wildman–Crippen MR) is 96.7 cm³/mol. The first-order chi connectivity index (χ1) is 12.5. The molecule has 4 amide bonds. The molecule has 1 aromatic carbocycles. The maximum Gasteiger partial charge on any atom is 0.332 e. The molecule has 2 unspecified atom stereocenters. The first-order valence-electron chi connectivity index (χ1n) is 8.29. The standard InChI is InChI=1S/C18H16BrN3O4/c19-11-3-5-13(6-4-11)22-17(24)14-10-12(7-8-21(14)18(22)25)20-16(23)15-2-1-9-26-15/h1-6,9,12,14H,7-8,10H2,(H,20,23). The number of piperidine rings is 1. The number of amides is 4. The molecule has 134 valence electrons. The molecule has 2 aliphatic heterocycles. The molecule has 0 saturated carbocycles. The van der Waals surface area contributed by atoms with E-state index < -0.39 is 6.04 Å². The van der Waals surface area contributed by atoms with Gasteiger partial charge in [0.25, 0.3) is 11.8 Å². The van der Waals surface area contributed by atoms with Crippen molar-refractivity contribution >= 4 is 39.5 Å². The summed E-state index contributed by atoms with van der Waals surface area (Å²) in [5.74, 6) is -0.331. The monoisotopic (exact) mass is 417 g/mol. The minimum absolute atomic E-state index is 0.185. The first kappa shape index (κ1) is 16.8. The fourth-order valence-corrected chi connectivity index (χ4v) is 3.69. The molecule has 0 spiro atoms. The van der Waals surface area contributed by atoms with Crippen LogP contribution in [0.5, 0.6) is 0 Å². The molecule has 1 aromatic heterocycles. The zero-order valence-electron chi connectivity index (χ0n) is 13.7. The van der Waals surface area contributed by atoms with Gasteiger partial charge in [-0.3, -0.25) is 9.59 Å². The minimum Gasteiger partial charge on any atom is -0.459 e. The summed E-state index contributed by atoms with van der Waals surface area (Å²) in [6, 6.07) is 9.23. The second kappa shape index (κ2) is 6.60. The van der Waals surface area contributed by atoms with Crippen LogP contribution in [-0.2, 0) is 4.79 Å². The summed E-state index contributed by atoms with van der Waals surface area (Å²) in [4.78, 5) is 40.4. The summed E-state index contributed by atoms with van der Waals surface area (Å²) >= 11 is 3.35. The molecule has 2 fully saturated rings. The molecule has 2 saturated heterocycles. The quantitative estimate of drug-likeness (QED) is 0.778. The van der Waals surface area contributed by atoms with Crippen LogP contribution in [0, 0.1) is 0 Å². The third-order valence-corrected chi connectivity index (χ3v) is 5.24. The number of fused-ring (bicyclic) bond motifs is 1. The van der Waals surface area contributed by atoms with Crippen molar-refractivity contribution < 1.29 is 18.8 Å². The van der Waals surface area contributed by atoms with Gasteiger partial charge in [-0.2, -0.15) is 0 Å². The molecule has 1 N–H and O–H groups in total. The van der Waals surface area contributed by atoms with Crippen molar-refractivity contribution in [3.05, 3.63) is 52.9 Å². The Kier molecular flexibility index (Phi) is 4.28. The minimum atomic E-state index is -0.554. The zero-order valence-corrected chi connectivity index (χ0v) is 15.3. The number of rotatable bonds is 3. The molecule has 8 heteroatoms. The van der Waals surface area contributed by atoms with E-state index in [-0.39, 0.29) is 29.6 Å². The predicted octanol–water partition coefficient (Wildman–Crippen LogP) is 2.77. The van der Waals surface area contributed by atoms with E-state index >= 15 is 0 Å². The molecule has 4 rings (SSSR count). The Morgan fingerprint density at radius 2 is 1.96 bits per heavy atom. The Bertz CT molecular complexity index is 850. The van der Waals surface area contributed by atoms with Crippen LogP contribution in [0.15, 0.2) is 51.6 Å². The van der Waals surface area contributed by atoms with Gasteiger partial charge in [0.05, 0.1) is 12.0 Å². The van der Waals surface area contributed by atoms with Crippen molar-refractivity contribution in [1.29, 1.82) is 0 Å². The van der Waals surface area contributed by atoms with E-state index in [9.17, 15) is 14.4 Å². The van der Waals surface area contributed by atoms with E-state index in [1.807, 2.05) is 0 Å². The molecule has 26 heavy (non-hydrogen) atoms. The maximum atomic E-state index is 12.8. The van der Waals surface area contributed by atoms with Gasteiger partial charge in [0, 0.05) is 17.1 Å². The van der Waals surface area contributed by atoms with Crippen LogP contribution in [0.3, 0.4) is 0 Å². The molecular formula is C18H16BrN3O4. The van der Waals surface area contributed by atoms with Gasteiger partial charge in [-0.15, -0.1) is 0 Å². The normalized spacial score (nSPS) is 22.5. The van der Waals surface area contributed by atoms with Crippen LogP contribution in [0.1, 0.15) is 23.4 Å². The van der Waals surface area contributed by atoms with Crippen molar-refractivity contribution in [3.8, 4) is 0 Å². The lowest BCUT2D eigenvalue weighted by Gasteiger charge is -2.32. The number of furan rings is 1. The van der Waals surface area contributed by atoms with Crippen LogP contribution in [0.25, 0.3) is 0 Å². The van der Waals surface area contributed by atoms with Crippen molar-refractivity contribution in [3.63, 3.8) is 0 Å². The number of urea groups is 1. The lowest BCUT2D eigenvalue weighted by atomic mass is 9.98. The number of anilines is 1. The van der Waals surface area contributed by atoms with Crippen LogP contribution in [-0.4, -0.2) is 41.4 Å². The molecule has 3 heterocycles.